The molecule has 0 bridgehead atoms. The highest BCUT2D eigenvalue weighted by molar-refractivity contribution is 7.89. The molecule has 334 valence electrons. The highest BCUT2D eigenvalue weighted by Gasteiger charge is 2.51. The number of hydrogen-bond acceptors (Lipinski definition) is 6. The first kappa shape index (κ1) is 53.9. The zero-order chi connectivity index (χ0) is 41.4. The van der Waals surface area contributed by atoms with Crippen LogP contribution in [0.25, 0.3) is 5.57 Å². The van der Waals surface area contributed by atoms with Gasteiger partial charge in [-0.2, -0.15) is 0 Å². The van der Waals surface area contributed by atoms with Crippen LogP contribution in [-0.2, 0) is 47.1 Å². The summed E-state index contributed by atoms with van der Waals surface area (Å²) < 4.78 is 49.4. The SMILES string of the molecule is C.C.C.C/C(=C/CO)c1ccc2c(c1)C(C)(C)CCC2(C)C.CC1(C)CCC(C)(C)c2cc([C@@]3(C)C[C@H]3CO)ccc21.CS(=O)(=O)NC1CCCCC1NS(C)(=O)=O. The monoisotopic (exact) mass is 849 g/mol. The summed E-state index contributed by atoms with van der Waals surface area (Å²) in [5.41, 5.74) is 11.2. The fraction of sp³-hybridized carbons (Fsp3) is 0.708. The third-order valence-electron chi connectivity index (χ3n) is 13.3. The number of sulfonamides is 2. The lowest BCUT2D eigenvalue weighted by atomic mass is 9.62. The van der Waals surface area contributed by atoms with Gasteiger partial charge in [-0.05, 0) is 124 Å². The van der Waals surface area contributed by atoms with Crippen molar-refractivity contribution in [1.29, 1.82) is 0 Å². The summed E-state index contributed by atoms with van der Waals surface area (Å²) >= 11 is 0. The average molecular weight is 849 g/mol. The smallest absolute Gasteiger partial charge is 0.209 e. The molecular weight excluding hydrogens is 765 g/mol. The fourth-order valence-corrected chi connectivity index (χ4v) is 10.7. The van der Waals surface area contributed by atoms with Crippen LogP contribution >= 0.6 is 0 Å². The van der Waals surface area contributed by atoms with E-state index < -0.39 is 20.0 Å². The third-order valence-corrected chi connectivity index (χ3v) is 14.8. The van der Waals surface area contributed by atoms with Gasteiger partial charge < -0.3 is 10.2 Å². The van der Waals surface area contributed by atoms with Crippen LogP contribution in [-0.4, -0.2) is 64.9 Å². The van der Waals surface area contributed by atoms with E-state index in [1.165, 1.54) is 59.1 Å². The summed E-state index contributed by atoms with van der Waals surface area (Å²) in [6.07, 6.45) is 13.3. The first-order valence-electron chi connectivity index (χ1n) is 20.3. The van der Waals surface area contributed by atoms with E-state index in [1.807, 2.05) is 6.08 Å². The Bertz CT molecular complexity index is 1890. The summed E-state index contributed by atoms with van der Waals surface area (Å²) in [4.78, 5) is 0. The van der Waals surface area contributed by atoms with Crippen molar-refractivity contribution in [2.45, 2.75) is 188 Å². The Morgan fingerprint density at radius 1 is 0.655 bits per heavy atom. The molecule has 6 rings (SSSR count). The predicted octanol–water partition coefficient (Wildman–Crippen LogP) is 10.0. The molecule has 4 atom stereocenters. The Hall–Kier alpha value is -2.08. The summed E-state index contributed by atoms with van der Waals surface area (Å²) in [5.74, 6) is 0.459. The van der Waals surface area contributed by atoms with E-state index in [9.17, 15) is 21.9 Å². The van der Waals surface area contributed by atoms with E-state index >= 15 is 0 Å². The Balaban J connectivity index is 0.000000427. The third kappa shape index (κ3) is 13.2. The first-order chi connectivity index (χ1) is 25.2. The van der Waals surface area contributed by atoms with Gasteiger partial charge in [0, 0.05) is 18.7 Å². The number of aliphatic hydroxyl groups excluding tert-OH is 2. The van der Waals surface area contributed by atoms with E-state index in [1.54, 1.807) is 0 Å². The minimum Gasteiger partial charge on any atom is -0.396 e. The molecule has 58 heavy (non-hydrogen) atoms. The van der Waals surface area contributed by atoms with Gasteiger partial charge in [-0.3, -0.25) is 0 Å². The van der Waals surface area contributed by atoms with Crippen molar-refractivity contribution >= 4 is 25.6 Å². The Morgan fingerprint density at radius 2 is 1.05 bits per heavy atom. The number of rotatable bonds is 8. The van der Waals surface area contributed by atoms with Crippen molar-refractivity contribution in [3.8, 4) is 0 Å². The van der Waals surface area contributed by atoms with E-state index in [-0.39, 0.29) is 62.6 Å². The molecule has 2 unspecified atom stereocenters. The molecule has 2 aromatic rings. The predicted molar refractivity (Wildman–Crippen MR) is 249 cm³/mol. The maximum atomic E-state index is 11.1. The van der Waals surface area contributed by atoms with Gasteiger partial charge in [0.1, 0.15) is 0 Å². The molecule has 0 saturated heterocycles. The van der Waals surface area contributed by atoms with Crippen LogP contribution in [0.4, 0.5) is 0 Å². The van der Waals surface area contributed by atoms with Gasteiger partial charge in [0.2, 0.25) is 20.0 Å². The van der Waals surface area contributed by atoms with Crippen molar-refractivity contribution in [1.82, 2.24) is 9.44 Å². The highest BCUT2D eigenvalue weighted by atomic mass is 32.2. The number of benzene rings is 2. The summed E-state index contributed by atoms with van der Waals surface area (Å²) in [5, 5.41) is 18.5. The van der Waals surface area contributed by atoms with Gasteiger partial charge in [-0.15, -0.1) is 0 Å². The Morgan fingerprint density at radius 3 is 1.43 bits per heavy atom. The van der Waals surface area contributed by atoms with Crippen molar-refractivity contribution < 1.29 is 27.0 Å². The summed E-state index contributed by atoms with van der Waals surface area (Å²) in [6.45, 7) is 23.7. The van der Waals surface area contributed by atoms with Gasteiger partial charge in [0.25, 0.3) is 0 Å². The lowest BCUT2D eigenvalue weighted by molar-refractivity contribution is 0.265. The van der Waals surface area contributed by atoms with Crippen LogP contribution < -0.4 is 9.44 Å². The van der Waals surface area contributed by atoms with Crippen LogP contribution in [0.5, 0.6) is 0 Å². The molecule has 0 aliphatic heterocycles. The van der Waals surface area contributed by atoms with Crippen molar-refractivity contribution in [2.24, 2.45) is 5.92 Å². The molecule has 0 radical (unpaired) electrons. The number of fused-ring (bicyclic) bond motifs is 2. The van der Waals surface area contributed by atoms with E-state index in [2.05, 4.69) is 115 Å². The summed E-state index contributed by atoms with van der Waals surface area (Å²) in [7, 11) is -6.59. The van der Waals surface area contributed by atoms with Crippen molar-refractivity contribution in [3.05, 3.63) is 75.9 Å². The van der Waals surface area contributed by atoms with Crippen LogP contribution in [0.2, 0.25) is 0 Å². The van der Waals surface area contributed by atoms with Gasteiger partial charge in [-0.1, -0.05) is 140 Å². The first-order valence-corrected chi connectivity index (χ1v) is 24.1. The second-order valence-corrected chi connectivity index (χ2v) is 23.5. The number of nitrogens with one attached hydrogen (secondary N) is 2. The van der Waals surface area contributed by atoms with Gasteiger partial charge >= 0.3 is 0 Å². The van der Waals surface area contributed by atoms with Crippen molar-refractivity contribution in [3.63, 3.8) is 0 Å². The molecule has 0 spiro atoms. The van der Waals surface area contributed by atoms with Gasteiger partial charge in [0.15, 0.2) is 0 Å². The maximum Gasteiger partial charge on any atom is 0.209 e. The minimum atomic E-state index is -3.30. The van der Waals surface area contributed by atoms with Crippen LogP contribution in [0, 0.1) is 5.92 Å². The zero-order valence-electron chi connectivity index (χ0n) is 35.9. The highest BCUT2D eigenvalue weighted by Crippen LogP contribution is 2.55. The fourth-order valence-electron chi connectivity index (χ4n) is 9.07. The molecule has 10 heteroatoms. The van der Waals surface area contributed by atoms with E-state index in [0.717, 1.165) is 37.3 Å². The Kier molecular flexibility index (Phi) is 18.4. The lowest BCUT2D eigenvalue weighted by Crippen LogP contribution is -2.52. The van der Waals surface area contributed by atoms with Gasteiger partial charge in [-0.25, -0.2) is 26.3 Å². The van der Waals surface area contributed by atoms with E-state index in [4.69, 9.17) is 5.11 Å². The molecule has 8 nitrogen and oxygen atoms in total. The number of allylic oxidation sites excluding steroid dienone is 1. The minimum absolute atomic E-state index is 0. The molecular formula is C48H84N2O6S2. The number of aliphatic hydroxyl groups is 2. The molecule has 2 aromatic carbocycles. The molecule has 0 amide bonds. The zero-order valence-corrected chi connectivity index (χ0v) is 37.5. The second-order valence-electron chi connectivity index (χ2n) is 19.9. The van der Waals surface area contributed by atoms with Crippen molar-refractivity contribution in [2.75, 3.05) is 25.7 Å². The van der Waals surface area contributed by atoms with Gasteiger partial charge in [0.05, 0.1) is 19.1 Å². The number of hydrogen-bond donors (Lipinski definition) is 4. The van der Waals surface area contributed by atoms with Crippen LogP contribution in [0.15, 0.2) is 42.5 Å². The van der Waals surface area contributed by atoms with E-state index in [0.29, 0.717) is 30.8 Å². The molecule has 0 heterocycles. The second kappa shape index (κ2) is 19.7. The summed E-state index contributed by atoms with van der Waals surface area (Å²) in [6, 6.07) is 13.3. The topological polar surface area (TPSA) is 133 Å². The molecule has 4 aliphatic carbocycles. The molecule has 2 saturated carbocycles. The van der Waals surface area contributed by atoms with Crippen LogP contribution in [0.1, 0.15) is 183 Å². The average Bonchev–Trinajstić information content (AvgIpc) is 3.77. The standard InChI is InChI=1S/C19H28O.C18H26O.C8H18N2O4S2.3CH4/c1-17(2)8-9-18(3,4)16-10-13(6-7-15(16)17)19(5)11-14(19)12-20;1-13(8-11-19)14-6-7-15-16(12-14)18(4,5)10-9-17(15,2)3;1-15(11,12)9-7-5-3-4-6-8(7)10-16(2,13)14;;;/h6-7,10,14,20H,8-9,11-12H2,1-5H3;6-8,12,19H,9-11H2,1-5H3;7-10H,3-6H2,1-2H3;3*1H4/b;13-8-;;;;/t14-,19+;;;;;/m0...../s1. The molecule has 4 aliphatic rings. The quantitative estimate of drug-likeness (QED) is 0.209. The molecule has 4 N–H and O–H groups in total. The Labute approximate surface area is 356 Å². The normalized spacial score (nSPS) is 26.2. The largest absolute Gasteiger partial charge is 0.396 e. The van der Waals surface area contributed by atoms with Crippen LogP contribution in [0.3, 0.4) is 0 Å². The molecule has 0 aromatic heterocycles. The lowest BCUT2D eigenvalue weighted by Gasteiger charge is -2.42. The maximum absolute atomic E-state index is 11.1. The molecule has 2 fully saturated rings.